The molecule has 0 unspecified atom stereocenters. The largest absolute Gasteiger partial charge is 0.481 e. The van der Waals surface area contributed by atoms with Crippen molar-refractivity contribution in [1.82, 2.24) is 15.0 Å². The number of aliphatic carboxylic acids is 1. The fourth-order valence-electron chi connectivity index (χ4n) is 1.57. The summed E-state index contributed by atoms with van der Waals surface area (Å²) in [5.74, 6) is -0.353. The zero-order valence-electron chi connectivity index (χ0n) is 7.50. The molecule has 5 nitrogen and oxygen atoms in total. The van der Waals surface area contributed by atoms with Crippen LogP contribution in [0.3, 0.4) is 0 Å². The molecule has 0 spiro atoms. The molecule has 1 aliphatic rings. The Morgan fingerprint density at radius 2 is 2.43 bits per heavy atom. The molecule has 1 aliphatic carbocycles. The third-order valence-corrected chi connectivity index (χ3v) is 2.88. The monoisotopic (exact) mass is 213 g/mol. The van der Waals surface area contributed by atoms with Crippen molar-refractivity contribution in [2.75, 3.05) is 0 Å². The lowest BCUT2D eigenvalue weighted by molar-refractivity contribution is -0.146. The molecular weight excluding hydrogens is 202 g/mol. The molecule has 1 heterocycles. The number of carboxylic acids is 1. The molecule has 1 fully saturated rings. The molecule has 0 aromatic carbocycles. The van der Waals surface area contributed by atoms with Crippen LogP contribution in [0.5, 0.6) is 0 Å². The van der Waals surface area contributed by atoms with E-state index in [9.17, 15) is 4.79 Å². The van der Waals surface area contributed by atoms with Crippen molar-refractivity contribution in [3.8, 4) is 0 Å². The maximum absolute atomic E-state index is 10.6. The maximum Gasteiger partial charge on any atom is 0.306 e. The maximum atomic E-state index is 10.6. The number of thiol groups is 1. The van der Waals surface area contributed by atoms with Crippen LogP contribution in [0.1, 0.15) is 24.6 Å². The number of rotatable bonds is 3. The highest BCUT2D eigenvalue weighted by atomic mass is 32.1. The number of hydrogen-bond acceptors (Lipinski definition) is 4. The highest BCUT2D eigenvalue weighted by molar-refractivity contribution is 7.79. The second kappa shape index (κ2) is 3.61. The fourth-order valence-corrected chi connectivity index (χ4v) is 1.71. The van der Waals surface area contributed by atoms with Crippen LogP contribution >= 0.6 is 12.6 Å². The fraction of sp³-hybridized carbons (Fsp3) is 0.625. The summed E-state index contributed by atoms with van der Waals surface area (Å²) < 4.78 is 1.74. The highest BCUT2D eigenvalue weighted by Gasteiger charge is 2.36. The molecule has 0 bridgehead atoms. The standard InChI is InChI=1S/C8H11N3O2S/c12-8(13)5-1-7(2-5)11-3-6(4-14)9-10-11/h3,5,7,14H,1-2,4H2,(H,12,13). The van der Waals surface area contributed by atoms with Crippen molar-refractivity contribution in [3.63, 3.8) is 0 Å². The van der Waals surface area contributed by atoms with Gasteiger partial charge in [-0.3, -0.25) is 4.79 Å². The Bertz CT molecular complexity index is 346. The Balaban J connectivity index is 1.96. The number of aromatic nitrogens is 3. The summed E-state index contributed by atoms with van der Waals surface area (Å²) in [4.78, 5) is 10.6. The van der Waals surface area contributed by atoms with E-state index in [1.165, 1.54) is 0 Å². The van der Waals surface area contributed by atoms with Crippen LogP contribution in [-0.2, 0) is 10.5 Å². The van der Waals surface area contributed by atoms with E-state index < -0.39 is 5.97 Å². The number of carboxylic acid groups (broad SMARTS) is 1. The van der Waals surface area contributed by atoms with Crippen molar-refractivity contribution in [2.24, 2.45) is 5.92 Å². The summed E-state index contributed by atoms with van der Waals surface area (Å²) in [5.41, 5.74) is 0.826. The molecular formula is C8H11N3O2S. The molecule has 0 saturated heterocycles. The van der Waals surface area contributed by atoms with Crippen LogP contribution in [0.15, 0.2) is 6.20 Å². The first-order chi connectivity index (χ1) is 6.70. The van der Waals surface area contributed by atoms with Gasteiger partial charge in [-0.2, -0.15) is 12.6 Å². The zero-order valence-corrected chi connectivity index (χ0v) is 8.39. The van der Waals surface area contributed by atoms with Gasteiger partial charge in [0.05, 0.1) is 17.7 Å². The summed E-state index contributed by atoms with van der Waals surface area (Å²) in [6, 6.07) is 0.206. The summed E-state index contributed by atoms with van der Waals surface area (Å²) in [5, 5.41) is 16.5. The van der Waals surface area contributed by atoms with Crippen LogP contribution in [0.25, 0.3) is 0 Å². The second-order valence-corrected chi connectivity index (χ2v) is 3.82. The van der Waals surface area contributed by atoms with E-state index in [1.807, 2.05) is 6.20 Å². The van der Waals surface area contributed by atoms with Crippen LogP contribution in [-0.4, -0.2) is 26.1 Å². The topological polar surface area (TPSA) is 68.0 Å². The minimum atomic E-state index is -0.712. The van der Waals surface area contributed by atoms with E-state index >= 15 is 0 Å². The van der Waals surface area contributed by atoms with Crippen molar-refractivity contribution in [3.05, 3.63) is 11.9 Å². The molecule has 14 heavy (non-hydrogen) atoms. The lowest BCUT2D eigenvalue weighted by Crippen LogP contribution is -2.32. The lowest BCUT2D eigenvalue weighted by Gasteiger charge is -2.31. The van der Waals surface area contributed by atoms with E-state index in [2.05, 4.69) is 22.9 Å². The van der Waals surface area contributed by atoms with Gasteiger partial charge in [0.1, 0.15) is 0 Å². The summed E-state index contributed by atoms with van der Waals surface area (Å²) in [6.45, 7) is 0. The van der Waals surface area contributed by atoms with Gasteiger partial charge >= 0.3 is 5.97 Å². The predicted molar refractivity (Wildman–Crippen MR) is 52.1 cm³/mol. The second-order valence-electron chi connectivity index (χ2n) is 3.51. The van der Waals surface area contributed by atoms with Crippen LogP contribution in [0, 0.1) is 5.92 Å². The van der Waals surface area contributed by atoms with Gasteiger partial charge in [-0.15, -0.1) is 5.10 Å². The van der Waals surface area contributed by atoms with Crippen LogP contribution < -0.4 is 0 Å². The number of nitrogens with zero attached hydrogens (tertiary/aromatic N) is 3. The summed E-state index contributed by atoms with van der Waals surface area (Å²) in [7, 11) is 0. The SMILES string of the molecule is O=C(O)C1CC(n2cc(CS)nn2)C1. The van der Waals surface area contributed by atoms with Crippen molar-refractivity contribution >= 4 is 18.6 Å². The van der Waals surface area contributed by atoms with Gasteiger partial charge in [0, 0.05) is 11.9 Å². The van der Waals surface area contributed by atoms with Gasteiger partial charge in [-0.1, -0.05) is 5.21 Å². The minimum Gasteiger partial charge on any atom is -0.481 e. The van der Waals surface area contributed by atoms with E-state index in [0.29, 0.717) is 18.6 Å². The smallest absolute Gasteiger partial charge is 0.306 e. The molecule has 6 heteroatoms. The third-order valence-electron chi connectivity index (χ3n) is 2.56. The van der Waals surface area contributed by atoms with Crippen LogP contribution in [0.2, 0.25) is 0 Å². The molecule has 2 rings (SSSR count). The summed E-state index contributed by atoms with van der Waals surface area (Å²) >= 11 is 4.08. The van der Waals surface area contributed by atoms with Crippen LogP contribution in [0.4, 0.5) is 0 Å². The highest BCUT2D eigenvalue weighted by Crippen LogP contribution is 2.37. The zero-order chi connectivity index (χ0) is 10.1. The predicted octanol–water partition coefficient (Wildman–Crippen LogP) is 0.744. The Morgan fingerprint density at radius 1 is 1.71 bits per heavy atom. The Labute approximate surface area is 86.5 Å². The first-order valence-electron chi connectivity index (χ1n) is 4.45. The van der Waals surface area contributed by atoms with E-state index in [4.69, 9.17) is 5.11 Å². The average molecular weight is 213 g/mol. The Morgan fingerprint density at radius 3 is 2.93 bits per heavy atom. The molecule has 0 aliphatic heterocycles. The van der Waals surface area contributed by atoms with Gasteiger partial charge in [0.25, 0.3) is 0 Å². The molecule has 1 N–H and O–H groups in total. The van der Waals surface area contributed by atoms with Gasteiger partial charge in [-0.05, 0) is 12.8 Å². The first kappa shape index (κ1) is 9.51. The molecule has 0 radical (unpaired) electrons. The molecule has 1 aromatic heterocycles. The minimum absolute atomic E-state index is 0.205. The molecule has 1 aromatic rings. The normalized spacial score (nSPS) is 25.8. The van der Waals surface area contributed by atoms with E-state index in [1.54, 1.807) is 4.68 Å². The van der Waals surface area contributed by atoms with E-state index in [-0.39, 0.29) is 12.0 Å². The molecule has 0 amide bonds. The third kappa shape index (κ3) is 1.61. The van der Waals surface area contributed by atoms with Gasteiger partial charge in [0.15, 0.2) is 0 Å². The van der Waals surface area contributed by atoms with Crippen molar-refractivity contribution in [2.45, 2.75) is 24.6 Å². The first-order valence-corrected chi connectivity index (χ1v) is 5.08. The molecule has 76 valence electrons. The lowest BCUT2D eigenvalue weighted by atomic mass is 9.80. The Kier molecular flexibility index (Phi) is 2.45. The quantitative estimate of drug-likeness (QED) is 0.727. The number of hydrogen-bond donors (Lipinski definition) is 2. The van der Waals surface area contributed by atoms with Crippen molar-refractivity contribution in [1.29, 1.82) is 0 Å². The molecule has 1 saturated carbocycles. The Hall–Kier alpha value is -1.04. The van der Waals surface area contributed by atoms with Gasteiger partial charge in [0.2, 0.25) is 0 Å². The van der Waals surface area contributed by atoms with Crippen molar-refractivity contribution < 1.29 is 9.90 Å². The van der Waals surface area contributed by atoms with Gasteiger partial charge < -0.3 is 5.11 Å². The molecule has 0 atom stereocenters. The summed E-state index contributed by atoms with van der Waals surface area (Å²) in [6.07, 6.45) is 3.14. The van der Waals surface area contributed by atoms with Gasteiger partial charge in [-0.25, -0.2) is 4.68 Å². The average Bonchev–Trinajstić information content (AvgIpc) is 2.49. The van der Waals surface area contributed by atoms with E-state index in [0.717, 1.165) is 5.69 Å². The number of carbonyl (C=O) groups is 1.